The van der Waals surface area contributed by atoms with E-state index >= 15 is 0 Å². The zero-order valence-corrected chi connectivity index (χ0v) is 11.4. The number of benzene rings is 1. The highest BCUT2D eigenvalue weighted by Crippen LogP contribution is 2.20. The number of hydrogen-bond acceptors (Lipinski definition) is 2. The Morgan fingerprint density at radius 2 is 1.78 bits per heavy atom. The predicted molar refractivity (Wildman–Crippen MR) is 73.0 cm³/mol. The molecule has 0 bridgehead atoms. The predicted octanol–water partition coefficient (Wildman–Crippen LogP) is 3.24. The van der Waals surface area contributed by atoms with Crippen molar-refractivity contribution in [2.24, 2.45) is 0 Å². The van der Waals surface area contributed by atoms with E-state index in [0.717, 1.165) is 29.1 Å². The van der Waals surface area contributed by atoms with Gasteiger partial charge >= 0.3 is 0 Å². The standard InChI is InChI=1S/C15H20N2O/c1-5-15(18)13-6-8-14(9-7-13)17-12(4)10(2)11(3)16-17/h6-9,15,18H,5H2,1-4H3/t15-/m0/s1. The summed E-state index contributed by atoms with van der Waals surface area (Å²) < 4.78 is 1.95. The molecule has 0 radical (unpaired) electrons. The second-order valence-electron chi connectivity index (χ2n) is 4.72. The first kappa shape index (κ1) is 12.8. The summed E-state index contributed by atoms with van der Waals surface area (Å²) in [5.41, 5.74) is 5.45. The molecule has 96 valence electrons. The molecular formula is C15H20N2O. The lowest BCUT2D eigenvalue weighted by molar-refractivity contribution is 0.173. The van der Waals surface area contributed by atoms with E-state index in [1.165, 1.54) is 5.56 Å². The number of aryl methyl sites for hydroxylation is 1. The summed E-state index contributed by atoms with van der Waals surface area (Å²) in [4.78, 5) is 0. The number of nitrogens with zero attached hydrogens (tertiary/aromatic N) is 2. The summed E-state index contributed by atoms with van der Waals surface area (Å²) in [6.07, 6.45) is 0.361. The van der Waals surface area contributed by atoms with Crippen LogP contribution in [-0.2, 0) is 0 Å². The summed E-state index contributed by atoms with van der Waals surface area (Å²) in [6.45, 7) is 8.16. The molecule has 1 atom stereocenters. The van der Waals surface area contributed by atoms with Crippen LogP contribution in [0.4, 0.5) is 0 Å². The molecule has 1 heterocycles. The molecule has 3 heteroatoms. The number of rotatable bonds is 3. The van der Waals surface area contributed by atoms with Gasteiger partial charge in [0.2, 0.25) is 0 Å². The van der Waals surface area contributed by atoms with Gasteiger partial charge in [0.25, 0.3) is 0 Å². The number of aromatic nitrogens is 2. The normalized spacial score (nSPS) is 12.7. The quantitative estimate of drug-likeness (QED) is 0.900. The maximum Gasteiger partial charge on any atom is 0.0787 e. The number of aliphatic hydroxyl groups excluding tert-OH is 1. The lowest BCUT2D eigenvalue weighted by Crippen LogP contribution is -2.01. The highest BCUT2D eigenvalue weighted by atomic mass is 16.3. The van der Waals surface area contributed by atoms with E-state index in [0.29, 0.717) is 0 Å². The summed E-state index contributed by atoms with van der Waals surface area (Å²) in [7, 11) is 0. The smallest absolute Gasteiger partial charge is 0.0787 e. The van der Waals surface area contributed by atoms with E-state index in [2.05, 4.69) is 18.9 Å². The van der Waals surface area contributed by atoms with Crippen molar-refractivity contribution < 1.29 is 5.11 Å². The number of aliphatic hydroxyl groups is 1. The summed E-state index contributed by atoms with van der Waals surface area (Å²) in [5, 5.41) is 14.3. The summed E-state index contributed by atoms with van der Waals surface area (Å²) in [5.74, 6) is 0. The first-order chi connectivity index (χ1) is 8.54. The van der Waals surface area contributed by atoms with Gasteiger partial charge in [0, 0.05) is 5.69 Å². The maximum atomic E-state index is 9.77. The molecular weight excluding hydrogens is 224 g/mol. The Labute approximate surface area is 108 Å². The van der Waals surface area contributed by atoms with Crippen molar-refractivity contribution in [2.75, 3.05) is 0 Å². The molecule has 2 rings (SSSR count). The van der Waals surface area contributed by atoms with E-state index in [9.17, 15) is 5.11 Å². The van der Waals surface area contributed by atoms with Crippen LogP contribution in [0.2, 0.25) is 0 Å². The SMILES string of the molecule is CC[C@H](O)c1ccc(-n2nc(C)c(C)c2C)cc1. The Kier molecular flexibility index (Phi) is 3.53. The second-order valence-corrected chi connectivity index (χ2v) is 4.72. The molecule has 1 N–H and O–H groups in total. The van der Waals surface area contributed by atoms with Crippen molar-refractivity contribution >= 4 is 0 Å². The molecule has 0 saturated heterocycles. The molecule has 0 aliphatic carbocycles. The van der Waals surface area contributed by atoms with Gasteiger partial charge in [0.1, 0.15) is 0 Å². The highest BCUT2D eigenvalue weighted by Gasteiger charge is 2.10. The van der Waals surface area contributed by atoms with E-state index in [1.54, 1.807) is 0 Å². The molecule has 0 aliphatic heterocycles. The van der Waals surface area contributed by atoms with Crippen LogP contribution >= 0.6 is 0 Å². The topological polar surface area (TPSA) is 38.0 Å². The van der Waals surface area contributed by atoms with Crippen LogP contribution in [0.25, 0.3) is 5.69 Å². The molecule has 18 heavy (non-hydrogen) atoms. The fraction of sp³-hybridized carbons (Fsp3) is 0.400. The van der Waals surface area contributed by atoms with E-state index < -0.39 is 0 Å². The monoisotopic (exact) mass is 244 g/mol. The van der Waals surface area contributed by atoms with Gasteiger partial charge in [-0.25, -0.2) is 4.68 Å². The van der Waals surface area contributed by atoms with Crippen LogP contribution in [0, 0.1) is 20.8 Å². The Balaban J connectivity index is 2.37. The van der Waals surface area contributed by atoms with Gasteiger partial charge in [-0.2, -0.15) is 5.10 Å². The van der Waals surface area contributed by atoms with Crippen LogP contribution in [-0.4, -0.2) is 14.9 Å². The molecule has 0 spiro atoms. The third-order valence-corrected chi connectivity index (χ3v) is 3.56. The van der Waals surface area contributed by atoms with Gasteiger partial charge in [-0.15, -0.1) is 0 Å². The minimum absolute atomic E-state index is 0.374. The van der Waals surface area contributed by atoms with Crippen molar-refractivity contribution in [2.45, 2.75) is 40.2 Å². The third-order valence-electron chi connectivity index (χ3n) is 3.56. The number of hydrogen-bond donors (Lipinski definition) is 1. The van der Waals surface area contributed by atoms with Crippen molar-refractivity contribution in [3.8, 4) is 5.69 Å². The lowest BCUT2D eigenvalue weighted by Gasteiger charge is -2.10. The molecule has 1 aromatic heterocycles. The molecule has 0 amide bonds. The van der Waals surface area contributed by atoms with E-state index in [-0.39, 0.29) is 6.10 Å². The molecule has 3 nitrogen and oxygen atoms in total. The van der Waals surface area contributed by atoms with Crippen molar-refractivity contribution in [1.82, 2.24) is 9.78 Å². The molecule has 0 aliphatic rings. The van der Waals surface area contributed by atoms with Crippen LogP contribution in [0.15, 0.2) is 24.3 Å². The van der Waals surface area contributed by atoms with Gasteiger partial charge in [0.15, 0.2) is 0 Å². The van der Waals surface area contributed by atoms with Crippen molar-refractivity contribution in [3.05, 3.63) is 46.8 Å². The van der Waals surface area contributed by atoms with Gasteiger partial charge in [-0.3, -0.25) is 0 Å². The molecule has 0 fully saturated rings. The Morgan fingerprint density at radius 1 is 1.17 bits per heavy atom. The Hall–Kier alpha value is -1.61. The molecule has 0 saturated carbocycles. The lowest BCUT2D eigenvalue weighted by atomic mass is 10.1. The summed E-state index contributed by atoms with van der Waals surface area (Å²) >= 11 is 0. The van der Waals surface area contributed by atoms with Gasteiger partial charge in [0.05, 0.1) is 17.5 Å². The molecule has 0 unspecified atom stereocenters. The zero-order valence-electron chi connectivity index (χ0n) is 11.4. The van der Waals surface area contributed by atoms with Crippen LogP contribution < -0.4 is 0 Å². The van der Waals surface area contributed by atoms with Crippen molar-refractivity contribution in [3.63, 3.8) is 0 Å². The fourth-order valence-corrected chi connectivity index (χ4v) is 2.05. The van der Waals surface area contributed by atoms with Crippen molar-refractivity contribution in [1.29, 1.82) is 0 Å². The fourth-order valence-electron chi connectivity index (χ4n) is 2.05. The minimum Gasteiger partial charge on any atom is -0.388 e. The first-order valence-electron chi connectivity index (χ1n) is 6.35. The van der Waals surface area contributed by atoms with Crippen LogP contribution in [0.5, 0.6) is 0 Å². The molecule has 1 aromatic carbocycles. The van der Waals surface area contributed by atoms with Gasteiger partial charge in [-0.05, 0) is 50.5 Å². The highest BCUT2D eigenvalue weighted by molar-refractivity contribution is 5.38. The van der Waals surface area contributed by atoms with E-state index in [4.69, 9.17) is 0 Å². The van der Waals surface area contributed by atoms with E-state index in [1.807, 2.05) is 42.8 Å². The minimum atomic E-state index is -0.374. The third kappa shape index (κ3) is 2.18. The second kappa shape index (κ2) is 4.94. The van der Waals surface area contributed by atoms with Gasteiger partial charge in [-0.1, -0.05) is 19.1 Å². The largest absolute Gasteiger partial charge is 0.388 e. The van der Waals surface area contributed by atoms with Crippen LogP contribution in [0.3, 0.4) is 0 Å². The first-order valence-corrected chi connectivity index (χ1v) is 6.35. The zero-order chi connectivity index (χ0) is 13.3. The average molecular weight is 244 g/mol. The molecule has 2 aromatic rings. The Morgan fingerprint density at radius 3 is 2.22 bits per heavy atom. The Bertz CT molecular complexity index is 540. The van der Waals surface area contributed by atoms with Crippen LogP contribution in [0.1, 0.15) is 42.0 Å². The average Bonchev–Trinajstić information content (AvgIpc) is 2.66. The van der Waals surface area contributed by atoms with Gasteiger partial charge < -0.3 is 5.11 Å². The maximum absolute atomic E-state index is 9.77. The summed E-state index contributed by atoms with van der Waals surface area (Å²) in [6, 6.07) is 7.95.